The maximum atomic E-state index is 13.3. The fraction of sp³-hybridized carbons (Fsp3) is 0.937. The molecule has 21 aliphatic rings. The number of alkyl halides is 9. The Bertz CT molecular complexity index is 3950. The molecule has 0 spiro atoms. The van der Waals surface area contributed by atoms with Crippen molar-refractivity contribution in [2.75, 3.05) is 0 Å². The van der Waals surface area contributed by atoms with Crippen molar-refractivity contribution in [1.82, 2.24) is 0 Å². The molecular weight excluding hydrogens is 1710 g/mol. The fourth-order valence-corrected chi connectivity index (χ4v) is 27.8. The highest BCUT2D eigenvalue weighted by Crippen LogP contribution is 2.68. The van der Waals surface area contributed by atoms with E-state index in [1.807, 2.05) is 76.2 Å². The van der Waals surface area contributed by atoms with Crippen molar-refractivity contribution < 1.29 is 163 Å². The molecule has 0 aromatic rings. The quantitative estimate of drug-likeness (QED) is 0.0306. The van der Waals surface area contributed by atoms with Gasteiger partial charge in [-0.15, -0.1) is 0 Å². The van der Waals surface area contributed by atoms with Crippen LogP contribution in [0.5, 0.6) is 0 Å². The molecule has 0 amide bonds. The molecule has 13 atom stereocenters. The Morgan fingerprint density at radius 2 is 0.543 bits per heavy atom. The summed E-state index contributed by atoms with van der Waals surface area (Å²) in [4.78, 5) is 73.3. The highest BCUT2D eigenvalue weighted by atomic mass is 19.4. The van der Waals surface area contributed by atoms with Crippen molar-refractivity contribution in [2.45, 2.75) is 487 Å². The van der Waals surface area contributed by atoms with Gasteiger partial charge in [-0.2, -0.15) is 39.5 Å². The van der Waals surface area contributed by atoms with E-state index in [1.54, 1.807) is 13.8 Å². The SMILES string of the molecule is CCC(C)(C)C(=O)OC12CC3(O)CC(O)(CC(O)(C3)C1)C2.CCC(C)(C)C(=O)OC12CC3CC(O)(CC(O)(C3)C1)C2.CCC(C)(C)C(=O)OC1CC(C(C)(O)C(F)(F)F)CC(C(O)(C(F)(F)F)C(F)(F)F)C1.CCC(C)C(=O)OC12CC3(O)CC(O)(CC(O)(C3)C1)C2.CCC(C)C(=O)OC12CC3CC(CC(O)(C3)C1)C2.CCC(C)C(=O)OC12CC3CC(O)(CC(O)(C3)C1)C2. The van der Waals surface area contributed by atoms with Gasteiger partial charge in [0.25, 0.3) is 5.60 Å². The lowest BCUT2D eigenvalue weighted by atomic mass is 9.48. The maximum absolute atomic E-state index is 13.3. The van der Waals surface area contributed by atoms with Crippen LogP contribution in [0.1, 0.15) is 361 Å². The van der Waals surface area contributed by atoms with Crippen LogP contribution in [-0.4, -0.2) is 228 Å². The van der Waals surface area contributed by atoms with Crippen LogP contribution in [0.3, 0.4) is 0 Å². The van der Waals surface area contributed by atoms with Gasteiger partial charge in [0.15, 0.2) is 5.60 Å². The molecule has 20 bridgehead atoms. The van der Waals surface area contributed by atoms with Crippen LogP contribution in [0.25, 0.3) is 0 Å². The molecule has 21 fully saturated rings. The van der Waals surface area contributed by atoms with E-state index in [0.29, 0.717) is 108 Å². The maximum Gasteiger partial charge on any atom is 0.426 e. The van der Waals surface area contributed by atoms with E-state index in [9.17, 15) is 135 Å². The summed E-state index contributed by atoms with van der Waals surface area (Å²) in [5.74, 6) is -5.79. The van der Waals surface area contributed by atoms with Crippen LogP contribution < -0.4 is 0 Å². The van der Waals surface area contributed by atoms with Crippen LogP contribution in [0.2, 0.25) is 0 Å². The summed E-state index contributed by atoms with van der Waals surface area (Å²) in [7, 11) is 0. The molecular formula is C95H149F9O25. The molecule has 0 saturated heterocycles. The number of hydrogen-bond acceptors (Lipinski definition) is 25. The van der Waals surface area contributed by atoms with Gasteiger partial charge in [0, 0.05) is 134 Å². The largest absolute Gasteiger partial charge is 0.462 e. The molecule has 0 aliphatic heterocycles. The van der Waals surface area contributed by atoms with E-state index in [2.05, 4.69) is 0 Å². The molecule has 742 valence electrons. The van der Waals surface area contributed by atoms with Crippen LogP contribution in [0.15, 0.2) is 0 Å². The van der Waals surface area contributed by atoms with E-state index in [-0.39, 0.29) is 117 Å². The van der Waals surface area contributed by atoms with Gasteiger partial charge in [-0.05, 0) is 201 Å². The first-order valence-electron chi connectivity index (χ1n) is 47.3. The molecule has 0 aromatic carbocycles. The number of halogens is 9. The van der Waals surface area contributed by atoms with Crippen LogP contribution >= 0.6 is 0 Å². The van der Waals surface area contributed by atoms with E-state index < -0.39 is 173 Å². The molecule has 13 N–H and O–H groups in total. The third-order valence-electron chi connectivity index (χ3n) is 33.4. The van der Waals surface area contributed by atoms with Gasteiger partial charge in [-0.1, -0.05) is 62.3 Å². The van der Waals surface area contributed by atoms with Crippen molar-refractivity contribution in [3.05, 3.63) is 0 Å². The molecule has 129 heavy (non-hydrogen) atoms. The van der Waals surface area contributed by atoms with Crippen LogP contribution in [0.4, 0.5) is 39.5 Å². The second-order valence-corrected chi connectivity index (χ2v) is 47.7. The lowest BCUT2D eigenvalue weighted by molar-refractivity contribution is -0.391. The summed E-state index contributed by atoms with van der Waals surface area (Å²) in [6.07, 6.45) is -2.76. The molecule has 21 aliphatic carbocycles. The number of rotatable bonds is 20. The van der Waals surface area contributed by atoms with Crippen molar-refractivity contribution >= 4 is 35.8 Å². The third-order valence-corrected chi connectivity index (χ3v) is 33.4. The Labute approximate surface area is 751 Å². The minimum Gasteiger partial charge on any atom is -0.462 e. The summed E-state index contributed by atoms with van der Waals surface area (Å²) in [6.45, 7) is 27.3. The Morgan fingerprint density at radius 1 is 0.295 bits per heavy atom. The third kappa shape index (κ3) is 22.0. The summed E-state index contributed by atoms with van der Waals surface area (Å²) in [6, 6.07) is 0. The van der Waals surface area contributed by atoms with Gasteiger partial charge in [-0.3, -0.25) is 28.8 Å². The zero-order chi connectivity index (χ0) is 97.1. The zero-order valence-electron chi connectivity index (χ0n) is 78.5. The number of esters is 6. The summed E-state index contributed by atoms with van der Waals surface area (Å²) < 4.78 is 154. The monoisotopic (exact) mass is 1860 g/mol. The second-order valence-electron chi connectivity index (χ2n) is 47.7. The predicted octanol–water partition coefficient (Wildman–Crippen LogP) is 13.7. The van der Waals surface area contributed by atoms with E-state index >= 15 is 0 Å². The van der Waals surface area contributed by atoms with Gasteiger partial charge in [0.2, 0.25) is 0 Å². The fourth-order valence-electron chi connectivity index (χ4n) is 27.8. The second kappa shape index (κ2) is 34.4. The number of aliphatic hydroxyl groups is 13. The van der Waals surface area contributed by atoms with Crippen LogP contribution in [0, 0.1) is 69.5 Å². The molecule has 0 radical (unpaired) electrons. The molecule has 13 unspecified atom stereocenters. The normalized spacial score (nSPS) is 43.2. The molecule has 34 heteroatoms. The van der Waals surface area contributed by atoms with Gasteiger partial charge in [0.1, 0.15) is 34.1 Å². The Hall–Kier alpha value is -4.33. The smallest absolute Gasteiger partial charge is 0.426 e. The standard InChI is InChI=1S/C18H25F9O4.C16H26O5.C16H26O4.C15H24O5.C15H24O4.C15H24O3/c1-5-13(2,3)12(28)31-11-7-9(14(4,29)16(19,20)21)6-10(8-11)15(30,17(22,23)24)18(25,26)27;1-4-12(2,3)11(17)21-16-8-13(18)5-14(19,9-16)7-15(20,6-13)10-16;1-4-13(2,3)12(17)20-16-7-11-5-14(18,9-16)8-15(19,6-11)10-16;1-3-10(2)11(16)20-15-7-12(17)4-13(18,8-15)6-14(19,5-12)9-15;1-3-10(2)12(16)19-15-6-11-4-13(17,8-15)7-14(18,5-11)9-15;1-3-10(2)13(16)18-15-7-11-4-12(8-15)6-14(17,5-11)9-15/h9-11,29-30H,5-8H2,1-4H3;18-20H,4-10H2,1-3H3;11,18-19H,4-10H2,1-3H3;10,17-19H,3-9H2,1-2H3;10-11,17-18H,3-9H2,1-2H3;10-12,17H,3-9H2,1-2H3. The first-order valence-corrected chi connectivity index (χ1v) is 47.3. The number of ether oxygens (including phenoxy) is 6. The van der Waals surface area contributed by atoms with Crippen molar-refractivity contribution in [3.8, 4) is 0 Å². The number of hydrogen-bond donors (Lipinski definition) is 13. The Kier molecular flexibility index (Phi) is 28.0. The highest BCUT2D eigenvalue weighted by Gasteiger charge is 2.77. The topological polar surface area (TPSA) is 421 Å². The van der Waals surface area contributed by atoms with E-state index in [4.69, 9.17) is 28.4 Å². The summed E-state index contributed by atoms with van der Waals surface area (Å²) >= 11 is 0. The molecule has 25 nitrogen and oxygen atoms in total. The lowest BCUT2D eigenvalue weighted by Crippen LogP contribution is -2.72. The van der Waals surface area contributed by atoms with Gasteiger partial charge >= 0.3 is 54.3 Å². The molecule has 21 saturated carbocycles. The number of carbonyl (C=O) groups excluding carboxylic acids is 6. The van der Waals surface area contributed by atoms with Crippen LogP contribution in [-0.2, 0) is 57.2 Å². The minimum absolute atomic E-state index is 0.0207. The molecule has 0 heterocycles. The average molecular weight is 1860 g/mol. The summed E-state index contributed by atoms with van der Waals surface area (Å²) in [5.41, 5.74) is -25.4. The molecule has 0 aromatic heterocycles. The van der Waals surface area contributed by atoms with Crippen molar-refractivity contribution in [2.24, 2.45) is 69.5 Å². The lowest BCUT2D eigenvalue weighted by Gasteiger charge is -2.65. The highest BCUT2D eigenvalue weighted by molar-refractivity contribution is 5.78. The van der Waals surface area contributed by atoms with Gasteiger partial charge in [0.05, 0.1) is 95.6 Å². The minimum atomic E-state index is -6.28. The first kappa shape index (κ1) is 105. The first-order chi connectivity index (χ1) is 58.4. The van der Waals surface area contributed by atoms with Gasteiger partial charge in [-0.25, -0.2) is 0 Å². The molecule has 21 rings (SSSR count). The summed E-state index contributed by atoms with van der Waals surface area (Å²) in [5, 5.41) is 136. The number of carbonyl (C=O) groups is 6. The van der Waals surface area contributed by atoms with Crippen molar-refractivity contribution in [3.63, 3.8) is 0 Å². The van der Waals surface area contributed by atoms with Crippen molar-refractivity contribution in [1.29, 1.82) is 0 Å². The van der Waals surface area contributed by atoms with Gasteiger partial charge < -0.3 is 94.8 Å². The predicted molar refractivity (Wildman–Crippen MR) is 446 cm³/mol. The average Bonchev–Trinajstić information content (AvgIpc) is 0.694. The van der Waals surface area contributed by atoms with E-state index in [1.165, 1.54) is 20.3 Å². The Morgan fingerprint density at radius 3 is 0.837 bits per heavy atom. The zero-order valence-corrected chi connectivity index (χ0v) is 78.5. The Balaban J connectivity index is 0.000000151. The van der Waals surface area contributed by atoms with E-state index in [0.717, 1.165) is 83.5 Å².